The molecule has 1 aromatic carbocycles. The van der Waals surface area contributed by atoms with E-state index in [4.69, 9.17) is 0 Å². The van der Waals surface area contributed by atoms with Crippen LogP contribution in [0.3, 0.4) is 0 Å². The number of hydrogen-bond donors (Lipinski definition) is 1. The second-order valence-corrected chi connectivity index (χ2v) is 6.02. The molecule has 7 nitrogen and oxygen atoms in total. The highest BCUT2D eigenvalue weighted by Gasteiger charge is 2.24. The average molecular weight is 327 g/mol. The highest BCUT2D eigenvalue weighted by molar-refractivity contribution is 5.88. The summed E-state index contributed by atoms with van der Waals surface area (Å²) in [6.07, 6.45) is 5.50. The van der Waals surface area contributed by atoms with Gasteiger partial charge in [-0.25, -0.2) is 0 Å². The van der Waals surface area contributed by atoms with Crippen molar-refractivity contribution >= 4 is 17.5 Å². The highest BCUT2D eigenvalue weighted by atomic mass is 16.2. The number of amides is 2. The van der Waals surface area contributed by atoms with Crippen LogP contribution in [0, 0.1) is 0 Å². The van der Waals surface area contributed by atoms with Crippen LogP contribution in [-0.2, 0) is 16.0 Å². The first-order chi connectivity index (χ1) is 11.6. The summed E-state index contributed by atoms with van der Waals surface area (Å²) < 4.78 is 0. The first-order valence-corrected chi connectivity index (χ1v) is 8.12. The molecule has 0 aliphatic carbocycles. The van der Waals surface area contributed by atoms with Crippen molar-refractivity contribution in [3.8, 4) is 0 Å². The van der Waals surface area contributed by atoms with Gasteiger partial charge in [0.15, 0.2) is 0 Å². The monoisotopic (exact) mass is 327 g/mol. The fraction of sp³-hybridized carbons (Fsp3) is 0.412. The number of rotatable bonds is 4. The van der Waals surface area contributed by atoms with Crippen LogP contribution in [0.4, 0.5) is 5.69 Å². The lowest BCUT2D eigenvalue weighted by Crippen LogP contribution is -2.40. The summed E-state index contributed by atoms with van der Waals surface area (Å²) in [5, 5.41) is 11.1. The maximum absolute atomic E-state index is 12.4. The lowest BCUT2D eigenvalue weighted by Gasteiger charge is -2.31. The fourth-order valence-corrected chi connectivity index (χ4v) is 2.96. The molecule has 1 saturated heterocycles. The molecule has 0 unspecified atom stereocenters. The maximum Gasteiger partial charge on any atom is 0.226 e. The van der Waals surface area contributed by atoms with Crippen molar-refractivity contribution in [1.29, 1.82) is 0 Å². The van der Waals surface area contributed by atoms with Gasteiger partial charge in [0.25, 0.3) is 0 Å². The normalized spacial score (nSPS) is 15.3. The Kier molecular flexibility index (Phi) is 4.88. The standard InChI is InChI=1S/C17H21N5O2/c1-13(23)20-15-4-2-14(3-5-15)12-17(24)21-10-6-16(7-11-21)22-18-8-9-19-22/h2-5,8-9,16H,6-7,10-12H2,1H3,(H,20,23). The van der Waals surface area contributed by atoms with Gasteiger partial charge in [0, 0.05) is 25.7 Å². The van der Waals surface area contributed by atoms with Crippen LogP contribution in [-0.4, -0.2) is 44.8 Å². The zero-order valence-corrected chi connectivity index (χ0v) is 13.7. The largest absolute Gasteiger partial charge is 0.342 e. The van der Waals surface area contributed by atoms with Crippen LogP contribution >= 0.6 is 0 Å². The Morgan fingerprint density at radius 3 is 2.33 bits per heavy atom. The maximum atomic E-state index is 12.4. The molecule has 0 saturated carbocycles. The molecule has 0 bridgehead atoms. The van der Waals surface area contributed by atoms with E-state index in [1.54, 1.807) is 17.2 Å². The van der Waals surface area contributed by atoms with Crippen molar-refractivity contribution in [3.05, 3.63) is 42.2 Å². The quantitative estimate of drug-likeness (QED) is 0.926. The summed E-state index contributed by atoms with van der Waals surface area (Å²) in [6.45, 7) is 2.93. The number of nitrogens with one attached hydrogen (secondary N) is 1. The van der Waals surface area contributed by atoms with Gasteiger partial charge in [0.05, 0.1) is 24.9 Å². The minimum absolute atomic E-state index is 0.103. The van der Waals surface area contributed by atoms with Crippen molar-refractivity contribution in [2.24, 2.45) is 0 Å². The summed E-state index contributed by atoms with van der Waals surface area (Å²) in [7, 11) is 0. The van der Waals surface area contributed by atoms with Crippen LogP contribution in [0.2, 0.25) is 0 Å². The van der Waals surface area contributed by atoms with E-state index in [0.29, 0.717) is 6.42 Å². The molecule has 3 rings (SSSR count). The van der Waals surface area contributed by atoms with E-state index in [1.807, 2.05) is 29.2 Å². The second-order valence-electron chi connectivity index (χ2n) is 6.02. The van der Waals surface area contributed by atoms with Crippen LogP contribution < -0.4 is 5.32 Å². The van der Waals surface area contributed by atoms with Crippen molar-refractivity contribution in [2.45, 2.75) is 32.2 Å². The zero-order chi connectivity index (χ0) is 16.9. The van der Waals surface area contributed by atoms with Gasteiger partial charge in [-0.2, -0.15) is 15.0 Å². The van der Waals surface area contributed by atoms with Gasteiger partial charge in [-0.15, -0.1) is 0 Å². The molecule has 1 aliphatic heterocycles. The van der Waals surface area contributed by atoms with E-state index in [1.165, 1.54) is 6.92 Å². The van der Waals surface area contributed by atoms with Gasteiger partial charge in [-0.1, -0.05) is 12.1 Å². The molecule has 2 heterocycles. The molecule has 1 aliphatic rings. The first-order valence-electron chi connectivity index (χ1n) is 8.12. The smallest absolute Gasteiger partial charge is 0.226 e. The van der Waals surface area contributed by atoms with Crippen molar-refractivity contribution < 1.29 is 9.59 Å². The summed E-state index contributed by atoms with van der Waals surface area (Å²) in [5.41, 5.74) is 1.69. The molecular formula is C17H21N5O2. The summed E-state index contributed by atoms with van der Waals surface area (Å²) >= 11 is 0. The van der Waals surface area contributed by atoms with Crippen molar-refractivity contribution in [3.63, 3.8) is 0 Å². The Bertz CT molecular complexity index is 688. The second kappa shape index (κ2) is 7.25. The Balaban J connectivity index is 1.51. The van der Waals surface area contributed by atoms with Crippen LogP contribution in [0.5, 0.6) is 0 Å². The van der Waals surface area contributed by atoms with E-state index >= 15 is 0 Å². The van der Waals surface area contributed by atoms with Gasteiger partial charge in [0.1, 0.15) is 0 Å². The number of carbonyl (C=O) groups excluding carboxylic acids is 2. The number of piperidine rings is 1. The Labute approximate surface area is 140 Å². The number of nitrogens with zero attached hydrogens (tertiary/aromatic N) is 4. The molecular weight excluding hydrogens is 306 g/mol. The molecule has 2 aromatic rings. The van der Waals surface area contributed by atoms with Crippen LogP contribution in [0.1, 0.15) is 31.4 Å². The molecule has 24 heavy (non-hydrogen) atoms. The third-order valence-electron chi connectivity index (χ3n) is 4.21. The van der Waals surface area contributed by atoms with Gasteiger partial charge >= 0.3 is 0 Å². The molecule has 1 N–H and O–H groups in total. The van der Waals surface area contributed by atoms with E-state index in [0.717, 1.165) is 37.2 Å². The highest BCUT2D eigenvalue weighted by Crippen LogP contribution is 2.21. The van der Waals surface area contributed by atoms with E-state index in [9.17, 15) is 9.59 Å². The predicted octanol–water partition coefficient (Wildman–Crippen LogP) is 1.64. The molecule has 1 aromatic heterocycles. The Morgan fingerprint density at radius 1 is 1.12 bits per heavy atom. The number of anilines is 1. The minimum atomic E-state index is -0.103. The molecule has 0 radical (unpaired) electrons. The zero-order valence-electron chi connectivity index (χ0n) is 13.7. The lowest BCUT2D eigenvalue weighted by molar-refractivity contribution is -0.131. The number of hydrogen-bond acceptors (Lipinski definition) is 4. The van der Waals surface area contributed by atoms with E-state index in [2.05, 4.69) is 15.5 Å². The number of benzene rings is 1. The first kappa shape index (κ1) is 16.2. The van der Waals surface area contributed by atoms with Crippen molar-refractivity contribution in [1.82, 2.24) is 19.9 Å². The van der Waals surface area contributed by atoms with E-state index in [-0.39, 0.29) is 17.9 Å². The average Bonchev–Trinajstić information content (AvgIpc) is 3.11. The summed E-state index contributed by atoms with van der Waals surface area (Å²) in [5.74, 6) is 0.0301. The van der Waals surface area contributed by atoms with Crippen LogP contribution in [0.15, 0.2) is 36.7 Å². The SMILES string of the molecule is CC(=O)Nc1ccc(CC(=O)N2CCC(n3nccn3)CC2)cc1. The molecule has 7 heteroatoms. The topological polar surface area (TPSA) is 80.1 Å². The fourth-order valence-electron chi connectivity index (χ4n) is 2.96. The van der Waals surface area contributed by atoms with E-state index < -0.39 is 0 Å². The lowest BCUT2D eigenvalue weighted by atomic mass is 10.0. The van der Waals surface area contributed by atoms with Gasteiger partial charge in [0.2, 0.25) is 11.8 Å². The van der Waals surface area contributed by atoms with Gasteiger partial charge in [-0.05, 0) is 30.5 Å². The Hall–Kier alpha value is -2.70. The van der Waals surface area contributed by atoms with Gasteiger partial charge < -0.3 is 10.2 Å². The molecule has 126 valence electrons. The summed E-state index contributed by atoms with van der Waals surface area (Å²) in [6, 6.07) is 7.67. The number of likely N-dealkylation sites (tertiary alicyclic amines) is 1. The number of carbonyl (C=O) groups is 2. The van der Waals surface area contributed by atoms with Gasteiger partial charge in [-0.3, -0.25) is 9.59 Å². The minimum Gasteiger partial charge on any atom is -0.342 e. The Morgan fingerprint density at radius 2 is 1.75 bits per heavy atom. The third kappa shape index (κ3) is 3.98. The molecule has 0 spiro atoms. The van der Waals surface area contributed by atoms with Crippen LogP contribution in [0.25, 0.3) is 0 Å². The van der Waals surface area contributed by atoms with Crippen molar-refractivity contribution in [2.75, 3.05) is 18.4 Å². The number of aromatic nitrogens is 3. The third-order valence-corrected chi connectivity index (χ3v) is 4.21. The predicted molar refractivity (Wildman–Crippen MR) is 89.3 cm³/mol. The molecule has 0 atom stereocenters. The summed E-state index contributed by atoms with van der Waals surface area (Å²) in [4.78, 5) is 27.1. The molecule has 1 fully saturated rings. The molecule has 2 amide bonds.